The third-order valence-corrected chi connectivity index (χ3v) is 4.09. The zero-order chi connectivity index (χ0) is 17.1. The second-order valence-electron chi connectivity index (χ2n) is 5.76. The standard InChI is InChI=1S/C20H18N4O/c1-25-17-4-2-3-14(11-17)13-22-20-23-18-6-5-16(12-19(18)24-20)15-7-9-21-10-8-15/h2-12H,13H2,1H3,(H2,22,23,24). The van der Waals surface area contributed by atoms with Crippen molar-refractivity contribution in [2.45, 2.75) is 6.54 Å². The van der Waals surface area contributed by atoms with E-state index in [0.717, 1.165) is 39.4 Å². The molecule has 0 amide bonds. The van der Waals surface area contributed by atoms with Crippen LogP contribution in [0.5, 0.6) is 5.75 Å². The van der Waals surface area contributed by atoms with Gasteiger partial charge in [-0.15, -0.1) is 0 Å². The van der Waals surface area contributed by atoms with Crippen molar-refractivity contribution in [2.24, 2.45) is 0 Å². The quantitative estimate of drug-likeness (QED) is 0.574. The van der Waals surface area contributed by atoms with Crippen molar-refractivity contribution < 1.29 is 4.74 Å². The van der Waals surface area contributed by atoms with Crippen molar-refractivity contribution in [3.63, 3.8) is 0 Å². The molecule has 0 aliphatic rings. The van der Waals surface area contributed by atoms with Crippen LogP contribution in [0.2, 0.25) is 0 Å². The number of aromatic nitrogens is 3. The zero-order valence-electron chi connectivity index (χ0n) is 13.9. The second-order valence-corrected chi connectivity index (χ2v) is 5.76. The number of nitrogens with zero attached hydrogens (tertiary/aromatic N) is 2. The summed E-state index contributed by atoms with van der Waals surface area (Å²) in [6, 6.07) is 18.2. The van der Waals surface area contributed by atoms with Crippen LogP contribution < -0.4 is 10.1 Å². The Morgan fingerprint density at radius 1 is 1.00 bits per heavy atom. The summed E-state index contributed by atoms with van der Waals surface area (Å²) in [7, 11) is 1.67. The maximum absolute atomic E-state index is 5.25. The monoisotopic (exact) mass is 330 g/mol. The number of anilines is 1. The summed E-state index contributed by atoms with van der Waals surface area (Å²) in [6.45, 7) is 0.675. The Morgan fingerprint density at radius 2 is 1.88 bits per heavy atom. The molecule has 2 aromatic carbocycles. The molecule has 0 unspecified atom stereocenters. The van der Waals surface area contributed by atoms with Gasteiger partial charge in [-0.1, -0.05) is 18.2 Å². The Bertz CT molecular complexity index is 995. The molecular weight excluding hydrogens is 312 g/mol. The molecule has 4 aromatic rings. The summed E-state index contributed by atoms with van der Waals surface area (Å²) in [5.41, 5.74) is 5.35. The summed E-state index contributed by atoms with van der Waals surface area (Å²) in [5, 5.41) is 3.33. The van der Waals surface area contributed by atoms with Gasteiger partial charge in [-0.05, 0) is 53.1 Å². The minimum Gasteiger partial charge on any atom is -0.497 e. The number of hydrogen-bond acceptors (Lipinski definition) is 4. The van der Waals surface area contributed by atoms with Gasteiger partial charge in [-0.3, -0.25) is 4.98 Å². The molecule has 2 heterocycles. The Morgan fingerprint density at radius 3 is 2.72 bits per heavy atom. The van der Waals surface area contributed by atoms with Gasteiger partial charge in [-0.2, -0.15) is 0 Å². The fourth-order valence-electron chi connectivity index (χ4n) is 2.79. The Labute approximate surface area is 145 Å². The van der Waals surface area contributed by atoms with E-state index in [0.29, 0.717) is 6.54 Å². The van der Waals surface area contributed by atoms with Crippen LogP contribution >= 0.6 is 0 Å². The van der Waals surface area contributed by atoms with Crippen molar-refractivity contribution in [3.8, 4) is 16.9 Å². The van der Waals surface area contributed by atoms with Crippen LogP contribution in [0.1, 0.15) is 5.56 Å². The highest BCUT2D eigenvalue weighted by Crippen LogP contribution is 2.24. The van der Waals surface area contributed by atoms with E-state index < -0.39 is 0 Å². The van der Waals surface area contributed by atoms with Crippen molar-refractivity contribution >= 4 is 17.0 Å². The van der Waals surface area contributed by atoms with Gasteiger partial charge in [0.15, 0.2) is 0 Å². The van der Waals surface area contributed by atoms with Crippen LogP contribution in [-0.2, 0) is 6.54 Å². The summed E-state index contributed by atoms with van der Waals surface area (Å²) >= 11 is 0. The molecule has 0 atom stereocenters. The lowest BCUT2D eigenvalue weighted by atomic mass is 10.1. The average Bonchev–Trinajstić information content (AvgIpc) is 3.09. The van der Waals surface area contributed by atoms with E-state index in [1.807, 2.05) is 36.4 Å². The number of pyridine rings is 1. The van der Waals surface area contributed by atoms with Crippen LogP contribution in [0.15, 0.2) is 67.0 Å². The van der Waals surface area contributed by atoms with Gasteiger partial charge in [-0.25, -0.2) is 4.98 Å². The SMILES string of the molecule is COc1cccc(CNc2nc3ccc(-c4ccncc4)cc3[nH]2)c1. The summed E-state index contributed by atoms with van der Waals surface area (Å²) in [4.78, 5) is 12.0. The van der Waals surface area contributed by atoms with E-state index in [1.54, 1.807) is 19.5 Å². The molecule has 0 saturated carbocycles. The number of ether oxygens (including phenoxy) is 1. The van der Waals surface area contributed by atoms with Crippen LogP contribution in [0.4, 0.5) is 5.95 Å². The first-order valence-corrected chi connectivity index (χ1v) is 8.09. The molecule has 2 N–H and O–H groups in total. The number of aromatic amines is 1. The number of fused-ring (bicyclic) bond motifs is 1. The summed E-state index contributed by atoms with van der Waals surface area (Å²) in [6.07, 6.45) is 3.60. The van der Waals surface area contributed by atoms with Gasteiger partial charge in [0.05, 0.1) is 18.1 Å². The second kappa shape index (κ2) is 6.65. The smallest absolute Gasteiger partial charge is 0.201 e. The van der Waals surface area contributed by atoms with Crippen molar-refractivity contribution in [1.29, 1.82) is 0 Å². The zero-order valence-corrected chi connectivity index (χ0v) is 13.9. The van der Waals surface area contributed by atoms with Crippen molar-refractivity contribution in [2.75, 3.05) is 12.4 Å². The fraction of sp³-hybridized carbons (Fsp3) is 0.100. The molecule has 0 aliphatic carbocycles. The highest BCUT2D eigenvalue weighted by Gasteiger charge is 2.05. The first-order chi connectivity index (χ1) is 12.3. The number of methoxy groups -OCH3 is 1. The Hall–Kier alpha value is -3.34. The third-order valence-electron chi connectivity index (χ3n) is 4.09. The van der Waals surface area contributed by atoms with Gasteiger partial charge in [0.25, 0.3) is 0 Å². The van der Waals surface area contributed by atoms with E-state index >= 15 is 0 Å². The third kappa shape index (κ3) is 3.30. The number of benzene rings is 2. The van der Waals surface area contributed by atoms with Crippen LogP contribution in [-0.4, -0.2) is 22.1 Å². The van der Waals surface area contributed by atoms with E-state index in [9.17, 15) is 0 Å². The molecule has 0 aliphatic heterocycles. The first-order valence-electron chi connectivity index (χ1n) is 8.09. The molecule has 2 aromatic heterocycles. The van der Waals surface area contributed by atoms with E-state index in [1.165, 1.54) is 0 Å². The molecule has 25 heavy (non-hydrogen) atoms. The van der Waals surface area contributed by atoms with Gasteiger partial charge >= 0.3 is 0 Å². The van der Waals surface area contributed by atoms with Crippen LogP contribution in [0, 0.1) is 0 Å². The van der Waals surface area contributed by atoms with Crippen LogP contribution in [0.3, 0.4) is 0 Å². The van der Waals surface area contributed by atoms with E-state index in [2.05, 4.69) is 38.5 Å². The van der Waals surface area contributed by atoms with Crippen molar-refractivity contribution in [1.82, 2.24) is 15.0 Å². The molecule has 0 spiro atoms. The molecular formula is C20H18N4O. The molecule has 124 valence electrons. The minimum absolute atomic E-state index is 0.675. The maximum atomic E-state index is 5.25. The summed E-state index contributed by atoms with van der Waals surface area (Å²) in [5.74, 6) is 1.61. The maximum Gasteiger partial charge on any atom is 0.201 e. The lowest BCUT2D eigenvalue weighted by Crippen LogP contribution is -2.00. The minimum atomic E-state index is 0.675. The predicted molar refractivity (Wildman–Crippen MR) is 99.6 cm³/mol. The highest BCUT2D eigenvalue weighted by atomic mass is 16.5. The number of imidazole rings is 1. The van der Waals surface area contributed by atoms with Gasteiger partial charge < -0.3 is 15.0 Å². The average molecular weight is 330 g/mol. The number of rotatable bonds is 5. The molecule has 0 bridgehead atoms. The molecule has 4 rings (SSSR count). The normalized spacial score (nSPS) is 10.8. The molecule has 0 saturated heterocycles. The lowest BCUT2D eigenvalue weighted by molar-refractivity contribution is 0.414. The molecule has 5 nitrogen and oxygen atoms in total. The number of hydrogen-bond donors (Lipinski definition) is 2. The van der Waals surface area contributed by atoms with Gasteiger partial charge in [0.1, 0.15) is 5.75 Å². The first kappa shape index (κ1) is 15.2. The summed E-state index contributed by atoms with van der Waals surface area (Å²) < 4.78 is 5.25. The molecule has 0 fully saturated rings. The number of nitrogens with one attached hydrogen (secondary N) is 2. The fourth-order valence-corrected chi connectivity index (χ4v) is 2.79. The number of H-pyrrole nitrogens is 1. The predicted octanol–water partition coefficient (Wildman–Crippen LogP) is 4.25. The molecule has 5 heteroatoms. The van der Waals surface area contributed by atoms with Crippen molar-refractivity contribution in [3.05, 3.63) is 72.6 Å². The van der Waals surface area contributed by atoms with Gasteiger partial charge in [0.2, 0.25) is 5.95 Å². The topological polar surface area (TPSA) is 62.8 Å². The molecule has 0 radical (unpaired) electrons. The van der Waals surface area contributed by atoms with E-state index in [-0.39, 0.29) is 0 Å². The Kier molecular flexibility index (Phi) is 4.04. The van der Waals surface area contributed by atoms with Gasteiger partial charge in [0, 0.05) is 18.9 Å². The highest BCUT2D eigenvalue weighted by molar-refractivity contribution is 5.83. The largest absolute Gasteiger partial charge is 0.497 e. The van der Waals surface area contributed by atoms with E-state index in [4.69, 9.17) is 4.74 Å². The lowest BCUT2D eigenvalue weighted by Gasteiger charge is -2.05. The van der Waals surface area contributed by atoms with Crippen LogP contribution in [0.25, 0.3) is 22.2 Å². The Balaban J connectivity index is 1.55.